The molecule has 112 valence electrons. The Morgan fingerprint density at radius 2 is 2.00 bits per heavy atom. The molecule has 0 saturated carbocycles. The first-order valence-corrected chi connectivity index (χ1v) is 7.83. The van der Waals surface area contributed by atoms with Crippen LogP contribution in [-0.4, -0.2) is 6.54 Å². The van der Waals surface area contributed by atoms with Crippen molar-refractivity contribution in [2.45, 2.75) is 19.9 Å². The first-order chi connectivity index (χ1) is 9.99. The van der Waals surface area contributed by atoms with E-state index in [1.807, 2.05) is 19.1 Å². The number of ether oxygens (including phenoxy) is 1. The van der Waals surface area contributed by atoms with Gasteiger partial charge in [-0.05, 0) is 43.3 Å². The Labute approximate surface area is 137 Å². The molecule has 21 heavy (non-hydrogen) atoms. The van der Waals surface area contributed by atoms with E-state index in [1.54, 1.807) is 12.1 Å². The maximum absolute atomic E-state index is 13.3. The SMILES string of the molecule is CCNC(C)c1ccc(Oc2cc(F)cc(Br)c2)cc1Cl. The molecule has 0 bridgehead atoms. The lowest BCUT2D eigenvalue weighted by Gasteiger charge is -2.15. The van der Waals surface area contributed by atoms with Gasteiger partial charge in [0.2, 0.25) is 0 Å². The molecule has 5 heteroatoms. The zero-order chi connectivity index (χ0) is 15.4. The number of benzene rings is 2. The van der Waals surface area contributed by atoms with Gasteiger partial charge in [0.05, 0.1) is 0 Å². The second-order valence-corrected chi connectivity index (χ2v) is 5.99. The molecule has 0 saturated heterocycles. The van der Waals surface area contributed by atoms with Crippen molar-refractivity contribution in [1.29, 1.82) is 0 Å². The van der Waals surface area contributed by atoms with Crippen LogP contribution in [0.5, 0.6) is 11.5 Å². The van der Waals surface area contributed by atoms with Gasteiger partial charge in [0.1, 0.15) is 17.3 Å². The zero-order valence-corrected chi connectivity index (χ0v) is 14.1. The summed E-state index contributed by atoms with van der Waals surface area (Å²) >= 11 is 9.52. The van der Waals surface area contributed by atoms with Gasteiger partial charge in [-0.15, -0.1) is 0 Å². The van der Waals surface area contributed by atoms with Crippen LogP contribution in [-0.2, 0) is 0 Å². The molecule has 1 N–H and O–H groups in total. The monoisotopic (exact) mass is 371 g/mol. The van der Waals surface area contributed by atoms with Crippen LogP contribution in [0.25, 0.3) is 0 Å². The fourth-order valence-electron chi connectivity index (χ4n) is 2.06. The first-order valence-electron chi connectivity index (χ1n) is 6.66. The van der Waals surface area contributed by atoms with E-state index in [0.29, 0.717) is 21.0 Å². The Kier molecular flexibility index (Phi) is 5.62. The van der Waals surface area contributed by atoms with Crippen LogP contribution in [0.15, 0.2) is 40.9 Å². The lowest BCUT2D eigenvalue weighted by Crippen LogP contribution is -2.17. The van der Waals surface area contributed by atoms with Crippen molar-refractivity contribution in [3.8, 4) is 11.5 Å². The maximum atomic E-state index is 13.3. The molecular weight excluding hydrogens is 357 g/mol. The van der Waals surface area contributed by atoms with E-state index in [0.717, 1.165) is 12.1 Å². The van der Waals surface area contributed by atoms with E-state index < -0.39 is 0 Å². The minimum atomic E-state index is -0.358. The normalized spacial score (nSPS) is 12.2. The van der Waals surface area contributed by atoms with Crippen molar-refractivity contribution >= 4 is 27.5 Å². The predicted octanol–water partition coefficient (Wildman–Crippen LogP) is 5.70. The Bertz CT molecular complexity index is 615. The summed E-state index contributed by atoms with van der Waals surface area (Å²) in [5, 5.41) is 3.93. The molecule has 0 heterocycles. The van der Waals surface area contributed by atoms with Gasteiger partial charge in [0.25, 0.3) is 0 Å². The second-order valence-electron chi connectivity index (χ2n) is 4.67. The third-order valence-corrected chi connectivity index (χ3v) is 3.81. The van der Waals surface area contributed by atoms with Crippen LogP contribution >= 0.6 is 27.5 Å². The predicted molar refractivity (Wildman–Crippen MR) is 87.7 cm³/mol. The molecule has 0 radical (unpaired) electrons. The summed E-state index contributed by atoms with van der Waals surface area (Å²) in [7, 11) is 0. The molecule has 0 spiro atoms. The molecule has 0 fully saturated rings. The summed E-state index contributed by atoms with van der Waals surface area (Å²) in [5.41, 5.74) is 1.01. The van der Waals surface area contributed by atoms with Crippen LogP contribution < -0.4 is 10.1 Å². The molecule has 1 unspecified atom stereocenters. The average Bonchev–Trinajstić information content (AvgIpc) is 2.37. The number of halogens is 3. The quantitative estimate of drug-likeness (QED) is 0.726. The molecule has 0 aliphatic heterocycles. The summed E-state index contributed by atoms with van der Waals surface area (Å²) in [6.07, 6.45) is 0. The van der Waals surface area contributed by atoms with Crippen LogP contribution in [0.4, 0.5) is 4.39 Å². The Hall–Kier alpha value is -1.10. The summed E-state index contributed by atoms with van der Waals surface area (Å²) in [6, 6.07) is 10.1. The number of hydrogen-bond acceptors (Lipinski definition) is 2. The number of rotatable bonds is 5. The highest BCUT2D eigenvalue weighted by Gasteiger charge is 2.10. The number of nitrogens with one attached hydrogen (secondary N) is 1. The van der Waals surface area contributed by atoms with Crippen LogP contribution in [0.1, 0.15) is 25.5 Å². The van der Waals surface area contributed by atoms with Gasteiger partial charge < -0.3 is 10.1 Å². The highest BCUT2D eigenvalue weighted by Crippen LogP contribution is 2.31. The van der Waals surface area contributed by atoms with Gasteiger partial charge >= 0.3 is 0 Å². The van der Waals surface area contributed by atoms with Crippen LogP contribution in [0.3, 0.4) is 0 Å². The minimum Gasteiger partial charge on any atom is -0.457 e. The third kappa shape index (κ3) is 4.43. The molecule has 0 aliphatic rings. The van der Waals surface area contributed by atoms with Crippen molar-refractivity contribution < 1.29 is 9.13 Å². The largest absolute Gasteiger partial charge is 0.457 e. The Morgan fingerprint density at radius 1 is 1.24 bits per heavy atom. The highest BCUT2D eigenvalue weighted by molar-refractivity contribution is 9.10. The fourth-order valence-corrected chi connectivity index (χ4v) is 2.84. The summed E-state index contributed by atoms with van der Waals surface area (Å²) < 4.78 is 19.6. The summed E-state index contributed by atoms with van der Waals surface area (Å²) in [4.78, 5) is 0. The minimum absolute atomic E-state index is 0.167. The molecule has 2 aromatic rings. The third-order valence-electron chi connectivity index (χ3n) is 3.02. The number of hydrogen-bond donors (Lipinski definition) is 1. The molecule has 1 atom stereocenters. The van der Waals surface area contributed by atoms with Crippen LogP contribution in [0, 0.1) is 5.82 Å². The topological polar surface area (TPSA) is 21.3 Å². The lowest BCUT2D eigenvalue weighted by molar-refractivity contribution is 0.475. The second kappa shape index (κ2) is 7.25. The standard InChI is InChI=1S/C16H16BrClFNO/c1-3-20-10(2)15-5-4-13(9-16(15)18)21-14-7-11(17)6-12(19)8-14/h4-10,20H,3H2,1-2H3. The van der Waals surface area contributed by atoms with E-state index >= 15 is 0 Å². The first kappa shape index (κ1) is 16.3. The molecule has 0 aliphatic carbocycles. The van der Waals surface area contributed by atoms with Crippen molar-refractivity contribution in [3.63, 3.8) is 0 Å². The maximum Gasteiger partial charge on any atom is 0.131 e. The van der Waals surface area contributed by atoms with Crippen molar-refractivity contribution in [2.75, 3.05) is 6.54 Å². The van der Waals surface area contributed by atoms with E-state index in [1.165, 1.54) is 12.1 Å². The summed E-state index contributed by atoms with van der Waals surface area (Å²) in [6.45, 7) is 4.96. The van der Waals surface area contributed by atoms with Crippen molar-refractivity contribution in [2.24, 2.45) is 0 Å². The Morgan fingerprint density at radius 3 is 2.62 bits per heavy atom. The highest BCUT2D eigenvalue weighted by atomic mass is 79.9. The van der Waals surface area contributed by atoms with Crippen molar-refractivity contribution in [3.05, 3.63) is 57.3 Å². The Balaban J connectivity index is 2.20. The van der Waals surface area contributed by atoms with E-state index in [-0.39, 0.29) is 11.9 Å². The fraction of sp³-hybridized carbons (Fsp3) is 0.250. The molecule has 2 nitrogen and oxygen atoms in total. The van der Waals surface area contributed by atoms with Gasteiger partial charge in [-0.3, -0.25) is 0 Å². The van der Waals surface area contributed by atoms with Crippen molar-refractivity contribution in [1.82, 2.24) is 5.32 Å². The molecule has 0 amide bonds. The summed E-state index contributed by atoms with van der Waals surface area (Å²) in [5.74, 6) is 0.637. The van der Waals surface area contributed by atoms with E-state index in [2.05, 4.69) is 28.2 Å². The zero-order valence-electron chi connectivity index (χ0n) is 11.8. The van der Waals surface area contributed by atoms with Gasteiger partial charge in [-0.25, -0.2) is 4.39 Å². The van der Waals surface area contributed by atoms with Crippen LogP contribution in [0.2, 0.25) is 5.02 Å². The molecule has 2 rings (SSSR count). The smallest absolute Gasteiger partial charge is 0.131 e. The van der Waals surface area contributed by atoms with Gasteiger partial charge in [0.15, 0.2) is 0 Å². The van der Waals surface area contributed by atoms with Gasteiger partial charge in [-0.2, -0.15) is 0 Å². The average molecular weight is 373 g/mol. The molecular formula is C16H16BrClFNO. The molecule has 0 aromatic heterocycles. The van der Waals surface area contributed by atoms with Gasteiger partial charge in [0, 0.05) is 21.6 Å². The van der Waals surface area contributed by atoms with E-state index in [9.17, 15) is 4.39 Å². The van der Waals surface area contributed by atoms with Gasteiger partial charge in [-0.1, -0.05) is 40.5 Å². The lowest BCUT2D eigenvalue weighted by atomic mass is 10.1. The van der Waals surface area contributed by atoms with E-state index in [4.69, 9.17) is 16.3 Å². The molecule has 2 aromatic carbocycles.